The SMILES string of the molecule is CCN(CC)C1CCC(N=NC2CCC([N+](=O)[O-])CC2)C(O)C1. The molecule has 2 saturated carbocycles. The van der Waals surface area contributed by atoms with E-state index in [9.17, 15) is 15.2 Å². The molecule has 0 radical (unpaired) electrons. The molecule has 0 aliphatic heterocycles. The Hall–Kier alpha value is -1.08. The molecule has 0 bridgehead atoms. The monoisotopic (exact) mass is 326 g/mol. The third kappa shape index (κ3) is 4.94. The molecule has 0 heterocycles. The van der Waals surface area contributed by atoms with Crippen molar-refractivity contribution in [2.45, 2.75) is 89.1 Å². The maximum absolute atomic E-state index is 10.8. The van der Waals surface area contributed by atoms with Crippen LogP contribution in [0, 0.1) is 10.1 Å². The summed E-state index contributed by atoms with van der Waals surface area (Å²) in [6.07, 6.45) is 4.92. The zero-order chi connectivity index (χ0) is 16.8. The first-order chi connectivity index (χ1) is 11.0. The van der Waals surface area contributed by atoms with E-state index in [-0.39, 0.29) is 17.0 Å². The normalized spacial score (nSPS) is 35.7. The van der Waals surface area contributed by atoms with E-state index in [0.717, 1.165) is 45.2 Å². The molecular formula is C16H30N4O3. The van der Waals surface area contributed by atoms with Crippen molar-refractivity contribution < 1.29 is 10.0 Å². The number of azo groups is 1. The summed E-state index contributed by atoms with van der Waals surface area (Å²) in [4.78, 5) is 13.0. The van der Waals surface area contributed by atoms with Crippen LogP contribution < -0.4 is 0 Å². The molecule has 2 fully saturated rings. The third-order valence-electron chi connectivity index (χ3n) is 5.42. The zero-order valence-corrected chi connectivity index (χ0v) is 14.3. The lowest BCUT2D eigenvalue weighted by atomic mass is 9.88. The second-order valence-corrected chi connectivity index (χ2v) is 6.80. The first-order valence-corrected chi connectivity index (χ1v) is 9.00. The van der Waals surface area contributed by atoms with Crippen molar-refractivity contribution in [2.75, 3.05) is 13.1 Å². The second kappa shape index (κ2) is 8.68. The van der Waals surface area contributed by atoms with Crippen LogP contribution in [-0.2, 0) is 0 Å². The predicted octanol–water partition coefficient (Wildman–Crippen LogP) is 2.65. The van der Waals surface area contributed by atoms with Gasteiger partial charge in [-0.3, -0.25) is 10.1 Å². The van der Waals surface area contributed by atoms with Gasteiger partial charge in [-0.1, -0.05) is 13.8 Å². The summed E-state index contributed by atoms with van der Waals surface area (Å²) in [6, 6.07) is 0.0347. The molecule has 3 unspecified atom stereocenters. The Morgan fingerprint density at radius 2 is 1.74 bits per heavy atom. The van der Waals surface area contributed by atoms with Crippen LogP contribution in [0.1, 0.15) is 58.8 Å². The second-order valence-electron chi connectivity index (χ2n) is 6.80. The summed E-state index contributed by atoms with van der Waals surface area (Å²) in [5, 5.41) is 29.9. The van der Waals surface area contributed by atoms with Gasteiger partial charge in [0.1, 0.15) is 0 Å². The summed E-state index contributed by atoms with van der Waals surface area (Å²) in [5.74, 6) is 0. The average Bonchev–Trinajstić information content (AvgIpc) is 2.55. The molecule has 23 heavy (non-hydrogen) atoms. The molecule has 0 spiro atoms. The van der Waals surface area contributed by atoms with Crippen molar-refractivity contribution in [1.82, 2.24) is 4.90 Å². The van der Waals surface area contributed by atoms with Gasteiger partial charge in [0.25, 0.3) is 0 Å². The quantitative estimate of drug-likeness (QED) is 0.461. The van der Waals surface area contributed by atoms with Crippen molar-refractivity contribution in [3.8, 4) is 0 Å². The van der Waals surface area contributed by atoms with Crippen molar-refractivity contribution in [3.05, 3.63) is 10.1 Å². The highest BCUT2D eigenvalue weighted by molar-refractivity contribution is 4.88. The smallest absolute Gasteiger partial charge is 0.213 e. The molecule has 0 aromatic rings. The highest BCUT2D eigenvalue weighted by atomic mass is 16.6. The van der Waals surface area contributed by atoms with Crippen LogP contribution in [0.2, 0.25) is 0 Å². The van der Waals surface area contributed by atoms with E-state index in [1.165, 1.54) is 0 Å². The Labute approximate surface area is 138 Å². The lowest BCUT2D eigenvalue weighted by Crippen LogP contribution is -2.44. The fourth-order valence-electron chi connectivity index (χ4n) is 3.88. The molecular weight excluding hydrogens is 296 g/mol. The number of nitrogens with zero attached hydrogens (tertiary/aromatic N) is 4. The fourth-order valence-corrected chi connectivity index (χ4v) is 3.88. The van der Waals surface area contributed by atoms with E-state index in [0.29, 0.717) is 18.9 Å². The minimum Gasteiger partial charge on any atom is -0.391 e. The van der Waals surface area contributed by atoms with E-state index in [4.69, 9.17) is 0 Å². The van der Waals surface area contributed by atoms with Gasteiger partial charge in [-0.2, -0.15) is 10.2 Å². The van der Waals surface area contributed by atoms with Gasteiger partial charge in [0.05, 0.1) is 18.2 Å². The van der Waals surface area contributed by atoms with Gasteiger partial charge in [-0.15, -0.1) is 0 Å². The van der Waals surface area contributed by atoms with Crippen LogP contribution in [0.15, 0.2) is 10.2 Å². The van der Waals surface area contributed by atoms with Gasteiger partial charge < -0.3 is 10.0 Å². The van der Waals surface area contributed by atoms with Crippen LogP contribution in [0.4, 0.5) is 0 Å². The largest absolute Gasteiger partial charge is 0.391 e. The molecule has 0 saturated heterocycles. The Kier molecular flexibility index (Phi) is 6.89. The van der Waals surface area contributed by atoms with E-state index < -0.39 is 12.1 Å². The van der Waals surface area contributed by atoms with Gasteiger partial charge in [0.2, 0.25) is 6.04 Å². The number of hydrogen-bond donors (Lipinski definition) is 1. The highest BCUT2D eigenvalue weighted by Crippen LogP contribution is 2.28. The molecule has 3 atom stereocenters. The van der Waals surface area contributed by atoms with Crippen molar-refractivity contribution in [2.24, 2.45) is 10.2 Å². The van der Waals surface area contributed by atoms with Crippen LogP contribution in [-0.4, -0.2) is 58.3 Å². The van der Waals surface area contributed by atoms with Gasteiger partial charge in [0, 0.05) is 23.8 Å². The molecule has 2 aliphatic carbocycles. The molecule has 132 valence electrons. The Morgan fingerprint density at radius 1 is 1.09 bits per heavy atom. The zero-order valence-electron chi connectivity index (χ0n) is 14.3. The van der Waals surface area contributed by atoms with E-state index in [1.807, 2.05) is 0 Å². The summed E-state index contributed by atoms with van der Waals surface area (Å²) in [6.45, 7) is 6.34. The molecule has 2 rings (SSSR count). The maximum Gasteiger partial charge on any atom is 0.213 e. The van der Waals surface area contributed by atoms with Gasteiger partial charge in [-0.05, 0) is 45.2 Å². The number of nitro groups is 1. The Bertz CT molecular complexity index is 406. The Morgan fingerprint density at radius 3 is 2.26 bits per heavy atom. The molecule has 7 nitrogen and oxygen atoms in total. The summed E-state index contributed by atoms with van der Waals surface area (Å²) in [7, 11) is 0. The average molecular weight is 326 g/mol. The van der Waals surface area contributed by atoms with Crippen LogP contribution in [0.3, 0.4) is 0 Å². The first-order valence-electron chi connectivity index (χ1n) is 9.00. The lowest BCUT2D eigenvalue weighted by Gasteiger charge is -2.37. The third-order valence-corrected chi connectivity index (χ3v) is 5.42. The van der Waals surface area contributed by atoms with Gasteiger partial charge >= 0.3 is 0 Å². The first kappa shape index (κ1) is 18.3. The van der Waals surface area contributed by atoms with E-state index in [1.54, 1.807) is 0 Å². The molecule has 7 heteroatoms. The molecule has 1 N–H and O–H groups in total. The minimum absolute atomic E-state index is 0.0962. The summed E-state index contributed by atoms with van der Waals surface area (Å²) >= 11 is 0. The van der Waals surface area contributed by atoms with Gasteiger partial charge in [0.15, 0.2) is 0 Å². The summed E-state index contributed by atoms with van der Waals surface area (Å²) in [5.41, 5.74) is 0. The van der Waals surface area contributed by atoms with Crippen LogP contribution in [0.5, 0.6) is 0 Å². The van der Waals surface area contributed by atoms with Gasteiger partial charge in [-0.25, -0.2) is 0 Å². The van der Waals surface area contributed by atoms with Crippen LogP contribution >= 0.6 is 0 Å². The maximum atomic E-state index is 10.8. The predicted molar refractivity (Wildman–Crippen MR) is 88.2 cm³/mol. The minimum atomic E-state index is -0.423. The van der Waals surface area contributed by atoms with Crippen molar-refractivity contribution in [1.29, 1.82) is 0 Å². The van der Waals surface area contributed by atoms with E-state index in [2.05, 4.69) is 29.0 Å². The van der Waals surface area contributed by atoms with Crippen molar-refractivity contribution >= 4 is 0 Å². The van der Waals surface area contributed by atoms with Crippen LogP contribution in [0.25, 0.3) is 0 Å². The number of aliphatic hydroxyl groups is 1. The Balaban J connectivity index is 1.79. The topological polar surface area (TPSA) is 91.3 Å². The van der Waals surface area contributed by atoms with E-state index >= 15 is 0 Å². The lowest BCUT2D eigenvalue weighted by molar-refractivity contribution is -0.526. The standard InChI is InChI=1S/C16H30N4O3/c1-3-19(4-2)14-9-10-15(16(21)11-14)18-17-12-5-7-13(8-6-12)20(22)23/h12-16,21H,3-11H2,1-2H3. The summed E-state index contributed by atoms with van der Waals surface area (Å²) < 4.78 is 0. The molecule has 0 aromatic heterocycles. The highest BCUT2D eigenvalue weighted by Gasteiger charge is 2.32. The van der Waals surface area contributed by atoms with Crippen molar-refractivity contribution in [3.63, 3.8) is 0 Å². The molecule has 0 amide bonds. The molecule has 2 aliphatic rings. The number of rotatable bonds is 6. The fraction of sp³-hybridized carbons (Fsp3) is 1.00. The number of aliphatic hydroxyl groups excluding tert-OH is 1. The molecule has 0 aromatic carbocycles. The number of hydrogen-bond acceptors (Lipinski definition) is 6.